The van der Waals surface area contributed by atoms with Crippen LogP contribution in [0.1, 0.15) is 29.5 Å². The van der Waals surface area contributed by atoms with Crippen LogP contribution in [0.4, 0.5) is 11.4 Å². The third-order valence-corrected chi connectivity index (χ3v) is 6.44. The molecule has 0 spiro atoms. The first-order valence-corrected chi connectivity index (χ1v) is 10.9. The second kappa shape index (κ2) is 8.54. The molecule has 3 aromatic rings. The number of ketones is 1. The van der Waals surface area contributed by atoms with Crippen LogP contribution in [0.15, 0.2) is 78.5 Å². The number of carbonyl (C=O) groups is 1. The van der Waals surface area contributed by atoms with Crippen LogP contribution in [0, 0.1) is 5.92 Å². The van der Waals surface area contributed by atoms with Crippen molar-refractivity contribution in [3.8, 4) is 17.2 Å². The first-order valence-electron chi connectivity index (χ1n) is 10.9. The lowest BCUT2D eigenvalue weighted by Crippen LogP contribution is -2.33. The molecule has 2 aliphatic rings. The third kappa shape index (κ3) is 3.89. The molecule has 168 valence electrons. The number of benzene rings is 3. The minimum absolute atomic E-state index is 0.0302. The van der Waals surface area contributed by atoms with Crippen LogP contribution in [0.25, 0.3) is 0 Å². The molecule has 0 bridgehead atoms. The maximum Gasteiger partial charge on any atom is 0.160 e. The van der Waals surface area contributed by atoms with Gasteiger partial charge in [-0.15, -0.1) is 0 Å². The van der Waals surface area contributed by atoms with Crippen LogP contribution in [0.3, 0.4) is 0 Å². The number of para-hydroxylation sites is 2. The second-order valence-corrected chi connectivity index (χ2v) is 8.37. The molecule has 0 radical (unpaired) electrons. The minimum atomic E-state index is -0.417. The van der Waals surface area contributed by atoms with E-state index in [-0.39, 0.29) is 23.5 Å². The summed E-state index contributed by atoms with van der Waals surface area (Å²) in [7, 11) is 3.16. The number of nitrogens with one attached hydrogen (secondary N) is 2. The van der Waals surface area contributed by atoms with E-state index < -0.39 is 5.92 Å². The highest BCUT2D eigenvalue weighted by Gasteiger charge is 2.40. The number of ether oxygens (including phenoxy) is 2. The van der Waals surface area contributed by atoms with Crippen molar-refractivity contribution < 1.29 is 19.4 Å². The van der Waals surface area contributed by atoms with Crippen molar-refractivity contribution in [2.75, 3.05) is 24.9 Å². The van der Waals surface area contributed by atoms with Crippen LogP contribution in [0.5, 0.6) is 17.2 Å². The molecule has 3 unspecified atom stereocenters. The van der Waals surface area contributed by atoms with Gasteiger partial charge in [-0.05, 0) is 47.5 Å². The third-order valence-electron chi connectivity index (χ3n) is 6.44. The number of carbonyl (C=O) groups excluding carboxylic acids is 1. The predicted octanol–water partition coefficient (Wildman–Crippen LogP) is 5.24. The molecule has 33 heavy (non-hydrogen) atoms. The van der Waals surface area contributed by atoms with Crippen molar-refractivity contribution in [1.29, 1.82) is 0 Å². The summed E-state index contributed by atoms with van der Waals surface area (Å²) >= 11 is 0. The van der Waals surface area contributed by atoms with Gasteiger partial charge in [-0.25, -0.2) is 0 Å². The number of phenolic OH excluding ortho intramolecular Hbond substituents is 1. The molecule has 1 heterocycles. The van der Waals surface area contributed by atoms with Gasteiger partial charge in [0.25, 0.3) is 0 Å². The van der Waals surface area contributed by atoms with E-state index in [2.05, 4.69) is 16.7 Å². The van der Waals surface area contributed by atoms with Gasteiger partial charge in [0.05, 0.1) is 37.6 Å². The first kappa shape index (κ1) is 20.9. The maximum atomic E-state index is 13.6. The molecule has 0 saturated heterocycles. The van der Waals surface area contributed by atoms with E-state index in [1.54, 1.807) is 19.2 Å². The molecule has 0 aromatic heterocycles. The molecule has 6 heteroatoms. The van der Waals surface area contributed by atoms with Crippen molar-refractivity contribution in [1.82, 2.24) is 0 Å². The Morgan fingerprint density at radius 1 is 0.909 bits per heavy atom. The molecular weight excluding hydrogens is 416 g/mol. The van der Waals surface area contributed by atoms with E-state index in [0.29, 0.717) is 12.2 Å². The number of hydrogen-bond donors (Lipinski definition) is 3. The predicted molar refractivity (Wildman–Crippen MR) is 128 cm³/mol. The van der Waals surface area contributed by atoms with Gasteiger partial charge in [-0.2, -0.15) is 0 Å². The van der Waals surface area contributed by atoms with Crippen molar-refractivity contribution in [2.24, 2.45) is 5.92 Å². The van der Waals surface area contributed by atoms with E-state index >= 15 is 0 Å². The fourth-order valence-corrected chi connectivity index (χ4v) is 4.75. The van der Waals surface area contributed by atoms with Crippen molar-refractivity contribution in [3.05, 3.63) is 89.6 Å². The molecular formula is C27H26N2O4. The summed E-state index contributed by atoms with van der Waals surface area (Å²) in [6.07, 6.45) is 2.56. The first-order chi connectivity index (χ1) is 16.1. The summed E-state index contributed by atoms with van der Waals surface area (Å²) in [6.45, 7) is 0. The molecule has 5 rings (SSSR count). The van der Waals surface area contributed by atoms with Crippen LogP contribution >= 0.6 is 0 Å². The number of rotatable bonds is 4. The van der Waals surface area contributed by atoms with E-state index in [9.17, 15) is 9.90 Å². The molecule has 1 aliphatic carbocycles. The largest absolute Gasteiger partial charge is 0.504 e. The second-order valence-electron chi connectivity index (χ2n) is 8.37. The normalized spacial score (nSPS) is 21.5. The Morgan fingerprint density at radius 3 is 2.33 bits per heavy atom. The number of allylic oxidation sites excluding steroid dienone is 1. The number of Topliss-reactive ketones (excluding diaryl/α,β-unsaturated/α-hetero) is 1. The molecule has 3 aromatic carbocycles. The Hall–Kier alpha value is -3.93. The summed E-state index contributed by atoms with van der Waals surface area (Å²) in [6, 6.07) is 20.7. The van der Waals surface area contributed by atoms with Crippen LogP contribution in [-0.2, 0) is 4.79 Å². The average molecular weight is 443 g/mol. The fraction of sp³-hybridized carbons (Fsp3) is 0.222. The Bertz CT molecular complexity index is 1220. The fourth-order valence-electron chi connectivity index (χ4n) is 4.75. The van der Waals surface area contributed by atoms with Gasteiger partial charge in [-0.3, -0.25) is 4.79 Å². The Morgan fingerprint density at radius 2 is 1.64 bits per heavy atom. The number of anilines is 2. The van der Waals surface area contributed by atoms with Gasteiger partial charge in [0.15, 0.2) is 11.5 Å². The summed E-state index contributed by atoms with van der Waals surface area (Å²) in [5.41, 5.74) is 4.57. The summed E-state index contributed by atoms with van der Waals surface area (Å²) in [4.78, 5) is 13.6. The zero-order valence-corrected chi connectivity index (χ0v) is 18.5. The van der Waals surface area contributed by atoms with E-state index in [1.165, 1.54) is 7.11 Å². The van der Waals surface area contributed by atoms with Gasteiger partial charge in [-0.1, -0.05) is 36.4 Å². The molecule has 0 fully saturated rings. The molecule has 0 saturated carbocycles. The molecule has 3 N–H and O–H groups in total. The van der Waals surface area contributed by atoms with Gasteiger partial charge >= 0.3 is 0 Å². The van der Waals surface area contributed by atoms with Crippen molar-refractivity contribution in [3.63, 3.8) is 0 Å². The van der Waals surface area contributed by atoms with E-state index in [1.807, 2.05) is 54.6 Å². The SMILES string of the molecule is COc1ccc(C2C=C3Nc4ccccc4NC(c4ccc(OC)c(O)c4)C3C(=O)C2)cc1. The highest BCUT2D eigenvalue weighted by Crippen LogP contribution is 2.45. The average Bonchev–Trinajstić information content (AvgIpc) is 3.01. The number of methoxy groups -OCH3 is 2. The number of fused-ring (bicyclic) bond motifs is 2. The summed E-state index contributed by atoms with van der Waals surface area (Å²) in [5, 5.41) is 17.5. The highest BCUT2D eigenvalue weighted by atomic mass is 16.5. The topological polar surface area (TPSA) is 79.8 Å². The van der Waals surface area contributed by atoms with Crippen molar-refractivity contribution >= 4 is 17.2 Å². The molecule has 0 amide bonds. The minimum Gasteiger partial charge on any atom is -0.504 e. The quantitative estimate of drug-likeness (QED) is 0.513. The zero-order chi connectivity index (χ0) is 22.9. The Labute approximate surface area is 192 Å². The smallest absolute Gasteiger partial charge is 0.160 e. The molecule has 6 nitrogen and oxygen atoms in total. The van der Waals surface area contributed by atoms with Gasteiger partial charge in [0.2, 0.25) is 0 Å². The van der Waals surface area contributed by atoms with Gasteiger partial charge < -0.3 is 25.2 Å². The Balaban J connectivity index is 1.59. The lowest BCUT2D eigenvalue weighted by atomic mass is 9.76. The zero-order valence-electron chi connectivity index (χ0n) is 18.5. The molecule has 1 aliphatic heterocycles. The maximum absolute atomic E-state index is 13.6. The monoisotopic (exact) mass is 442 g/mol. The standard InChI is InChI=1S/C27H26N2O4/c1-32-19-10-7-16(8-11-19)18-13-22-26(24(31)15-18)27(17-9-12-25(33-2)23(30)14-17)29-21-6-4-3-5-20(21)28-22/h3-14,18,26-30H,15H2,1-2H3. The highest BCUT2D eigenvalue weighted by molar-refractivity contribution is 5.90. The number of phenols is 1. The lowest BCUT2D eigenvalue weighted by Gasteiger charge is -2.32. The Kier molecular flexibility index (Phi) is 5.42. The number of aromatic hydroxyl groups is 1. The summed E-state index contributed by atoms with van der Waals surface area (Å²) < 4.78 is 10.5. The summed E-state index contributed by atoms with van der Waals surface area (Å²) in [5.74, 6) is 0.929. The van der Waals surface area contributed by atoms with Crippen LogP contribution in [-0.4, -0.2) is 25.1 Å². The molecule has 3 atom stereocenters. The van der Waals surface area contributed by atoms with E-state index in [0.717, 1.165) is 33.9 Å². The van der Waals surface area contributed by atoms with Crippen LogP contribution in [0.2, 0.25) is 0 Å². The van der Waals surface area contributed by atoms with Gasteiger partial charge in [0, 0.05) is 18.0 Å². The van der Waals surface area contributed by atoms with Gasteiger partial charge in [0.1, 0.15) is 11.5 Å². The van der Waals surface area contributed by atoms with E-state index in [4.69, 9.17) is 9.47 Å². The van der Waals surface area contributed by atoms with Crippen molar-refractivity contribution in [2.45, 2.75) is 18.4 Å². The number of hydrogen-bond acceptors (Lipinski definition) is 6. The van der Waals surface area contributed by atoms with Crippen LogP contribution < -0.4 is 20.1 Å². The lowest BCUT2D eigenvalue weighted by molar-refractivity contribution is -0.122.